The lowest BCUT2D eigenvalue weighted by Crippen LogP contribution is -2.25. The van der Waals surface area contributed by atoms with Crippen LogP contribution in [0, 0.1) is 13.8 Å². The summed E-state index contributed by atoms with van der Waals surface area (Å²) >= 11 is 3.52. The van der Waals surface area contributed by atoms with Crippen molar-refractivity contribution in [2.45, 2.75) is 32.7 Å². The molecule has 1 atom stereocenters. The number of rotatable bonds is 4. The van der Waals surface area contributed by atoms with Gasteiger partial charge in [0.05, 0.1) is 11.0 Å². The third kappa shape index (κ3) is 3.68. The van der Waals surface area contributed by atoms with Gasteiger partial charge >= 0.3 is 0 Å². The van der Waals surface area contributed by atoms with Gasteiger partial charge in [-0.25, -0.2) is 4.98 Å². The van der Waals surface area contributed by atoms with E-state index in [0.717, 1.165) is 33.6 Å². The van der Waals surface area contributed by atoms with Crippen molar-refractivity contribution in [1.82, 2.24) is 9.55 Å². The second-order valence-electron chi connectivity index (χ2n) is 8.30. The molecule has 5 heteroatoms. The summed E-state index contributed by atoms with van der Waals surface area (Å²) in [4.78, 5) is 20.0. The molecule has 0 saturated carbocycles. The van der Waals surface area contributed by atoms with E-state index < -0.39 is 0 Å². The average molecular weight is 474 g/mol. The zero-order valence-electron chi connectivity index (χ0n) is 17.7. The molecule has 1 aromatic heterocycles. The number of amides is 1. The number of aromatic nitrogens is 2. The van der Waals surface area contributed by atoms with Crippen molar-refractivity contribution in [3.63, 3.8) is 0 Å². The van der Waals surface area contributed by atoms with E-state index in [-0.39, 0.29) is 11.8 Å². The largest absolute Gasteiger partial charge is 0.323 e. The molecule has 5 rings (SSSR count). The Kier molecular flexibility index (Phi) is 5.14. The number of halogens is 1. The van der Waals surface area contributed by atoms with Crippen LogP contribution < -0.4 is 4.90 Å². The van der Waals surface area contributed by atoms with Crippen LogP contribution in [0.3, 0.4) is 0 Å². The molecule has 0 radical (unpaired) electrons. The summed E-state index contributed by atoms with van der Waals surface area (Å²) in [7, 11) is 0. The minimum Gasteiger partial charge on any atom is -0.323 e. The monoisotopic (exact) mass is 473 g/mol. The van der Waals surface area contributed by atoms with Gasteiger partial charge in [-0.15, -0.1) is 0 Å². The molecule has 4 nitrogen and oxygen atoms in total. The van der Waals surface area contributed by atoms with Crippen LogP contribution in [0.2, 0.25) is 0 Å². The molecule has 31 heavy (non-hydrogen) atoms. The lowest BCUT2D eigenvalue weighted by molar-refractivity contribution is -0.117. The number of carbonyl (C=O) groups excluding carboxylic acids is 1. The van der Waals surface area contributed by atoms with Gasteiger partial charge in [0.25, 0.3) is 0 Å². The molecule has 1 aliphatic rings. The van der Waals surface area contributed by atoms with Crippen LogP contribution in [-0.2, 0) is 11.3 Å². The van der Waals surface area contributed by atoms with Gasteiger partial charge in [0.1, 0.15) is 5.82 Å². The van der Waals surface area contributed by atoms with Gasteiger partial charge in [0.15, 0.2) is 0 Å². The molecule has 1 fully saturated rings. The molecular weight excluding hydrogens is 450 g/mol. The highest BCUT2D eigenvalue weighted by Crippen LogP contribution is 2.35. The lowest BCUT2D eigenvalue weighted by Gasteiger charge is -2.20. The van der Waals surface area contributed by atoms with E-state index in [1.54, 1.807) is 0 Å². The fraction of sp³-hybridized carbons (Fsp3) is 0.231. The third-order valence-corrected chi connectivity index (χ3v) is 6.82. The summed E-state index contributed by atoms with van der Waals surface area (Å²) in [6.07, 6.45) is 0.483. The number of hydrogen-bond acceptors (Lipinski definition) is 2. The SMILES string of the molecule is Cc1cccc(N2CC(c3nc4ccccc4n3Cc3ccc(Br)cc3)CC2=O)c1C. The molecular formula is C26H24BrN3O. The number of nitrogens with zero attached hydrogens (tertiary/aromatic N) is 3. The highest BCUT2D eigenvalue weighted by atomic mass is 79.9. The second kappa shape index (κ2) is 7.97. The van der Waals surface area contributed by atoms with Gasteiger partial charge in [-0.2, -0.15) is 0 Å². The summed E-state index contributed by atoms with van der Waals surface area (Å²) in [5.74, 6) is 1.22. The number of aryl methyl sites for hydroxylation is 1. The van der Waals surface area contributed by atoms with Crippen molar-refractivity contribution in [1.29, 1.82) is 0 Å². The van der Waals surface area contributed by atoms with E-state index in [4.69, 9.17) is 4.98 Å². The van der Waals surface area contributed by atoms with Crippen LogP contribution in [0.5, 0.6) is 0 Å². The normalized spacial score (nSPS) is 16.4. The molecule has 2 heterocycles. The highest BCUT2D eigenvalue weighted by Gasteiger charge is 2.35. The first kappa shape index (κ1) is 20.0. The number of fused-ring (bicyclic) bond motifs is 1. The quantitative estimate of drug-likeness (QED) is 0.365. The first-order valence-electron chi connectivity index (χ1n) is 10.6. The van der Waals surface area contributed by atoms with E-state index >= 15 is 0 Å². The molecule has 3 aromatic carbocycles. The molecule has 1 aliphatic heterocycles. The fourth-order valence-corrected chi connectivity index (χ4v) is 4.75. The van der Waals surface area contributed by atoms with E-state index in [1.807, 2.05) is 29.2 Å². The van der Waals surface area contributed by atoms with Gasteiger partial charge in [-0.1, -0.05) is 52.3 Å². The van der Waals surface area contributed by atoms with E-state index in [9.17, 15) is 4.79 Å². The second-order valence-corrected chi connectivity index (χ2v) is 9.21. The molecule has 4 aromatic rings. The number of hydrogen-bond donors (Lipinski definition) is 0. The molecule has 1 amide bonds. The van der Waals surface area contributed by atoms with Crippen LogP contribution in [0.15, 0.2) is 71.2 Å². The first-order chi connectivity index (χ1) is 15.0. The van der Waals surface area contributed by atoms with E-state index in [0.29, 0.717) is 13.0 Å². The van der Waals surface area contributed by atoms with E-state index in [2.05, 4.69) is 76.8 Å². The summed E-state index contributed by atoms with van der Waals surface area (Å²) in [5, 5.41) is 0. The Morgan fingerprint density at radius 3 is 2.58 bits per heavy atom. The minimum absolute atomic E-state index is 0.0651. The molecule has 0 bridgehead atoms. The van der Waals surface area contributed by atoms with Crippen molar-refractivity contribution >= 4 is 38.6 Å². The first-order valence-corrected chi connectivity index (χ1v) is 11.4. The van der Waals surface area contributed by atoms with Crippen LogP contribution in [0.4, 0.5) is 5.69 Å². The number of anilines is 1. The summed E-state index contributed by atoms with van der Waals surface area (Å²) in [6, 6.07) is 22.8. The molecule has 0 aliphatic carbocycles. The molecule has 1 saturated heterocycles. The van der Waals surface area contributed by atoms with Crippen LogP contribution in [0.25, 0.3) is 11.0 Å². The predicted octanol–water partition coefficient (Wildman–Crippen LogP) is 5.98. The Labute approximate surface area is 190 Å². The smallest absolute Gasteiger partial charge is 0.227 e. The van der Waals surface area contributed by atoms with Gasteiger partial charge < -0.3 is 9.47 Å². The van der Waals surface area contributed by atoms with Gasteiger partial charge in [0.2, 0.25) is 5.91 Å². The Bertz CT molecular complexity index is 1280. The fourth-order valence-electron chi connectivity index (χ4n) is 4.49. The Morgan fingerprint density at radius 2 is 1.77 bits per heavy atom. The van der Waals surface area contributed by atoms with Gasteiger partial charge in [0, 0.05) is 35.6 Å². The zero-order valence-corrected chi connectivity index (χ0v) is 19.3. The minimum atomic E-state index is 0.0651. The number of imidazole rings is 1. The summed E-state index contributed by atoms with van der Waals surface area (Å²) < 4.78 is 3.35. The number of benzene rings is 3. The van der Waals surface area contributed by atoms with Crippen molar-refractivity contribution in [3.05, 3.63) is 93.7 Å². The maximum absolute atomic E-state index is 13.0. The Balaban J connectivity index is 1.53. The average Bonchev–Trinajstić information content (AvgIpc) is 3.32. The lowest BCUT2D eigenvalue weighted by atomic mass is 10.1. The molecule has 1 unspecified atom stereocenters. The predicted molar refractivity (Wildman–Crippen MR) is 129 cm³/mol. The maximum Gasteiger partial charge on any atom is 0.227 e. The van der Waals surface area contributed by atoms with Crippen LogP contribution in [-0.4, -0.2) is 22.0 Å². The molecule has 0 spiro atoms. The third-order valence-electron chi connectivity index (χ3n) is 6.30. The van der Waals surface area contributed by atoms with Crippen molar-refractivity contribution in [2.24, 2.45) is 0 Å². The zero-order chi connectivity index (χ0) is 21.5. The van der Waals surface area contributed by atoms with Crippen LogP contribution in [0.1, 0.15) is 34.9 Å². The molecule has 0 N–H and O–H groups in total. The summed E-state index contributed by atoms with van der Waals surface area (Å²) in [6.45, 7) is 5.58. The Hall–Kier alpha value is -2.92. The van der Waals surface area contributed by atoms with Crippen molar-refractivity contribution in [3.8, 4) is 0 Å². The van der Waals surface area contributed by atoms with Crippen LogP contribution >= 0.6 is 15.9 Å². The van der Waals surface area contributed by atoms with Gasteiger partial charge in [-0.05, 0) is 60.9 Å². The number of carbonyl (C=O) groups is 1. The summed E-state index contributed by atoms with van der Waals surface area (Å²) in [5.41, 5.74) is 6.69. The molecule has 156 valence electrons. The highest BCUT2D eigenvalue weighted by molar-refractivity contribution is 9.10. The van der Waals surface area contributed by atoms with Gasteiger partial charge in [-0.3, -0.25) is 4.79 Å². The number of para-hydroxylation sites is 2. The maximum atomic E-state index is 13.0. The van der Waals surface area contributed by atoms with Crippen molar-refractivity contribution in [2.75, 3.05) is 11.4 Å². The van der Waals surface area contributed by atoms with E-state index in [1.165, 1.54) is 16.7 Å². The Morgan fingerprint density at radius 1 is 1.00 bits per heavy atom. The topological polar surface area (TPSA) is 38.1 Å². The standard InChI is InChI=1S/C26H24BrN3O/c1-17-6-5-9-23(18(17)2)29-16-20(14-25(29)31)26-28-22-7-3-4-8-24(22)30(26)15-19-10-12-21(27)13-11-19/h3-13,20H,14-16H2,1-2H3. The van der Waals surface area contributed by atoms with Crippen molar-refractivity contribution < 1.29 is 4.79 Å².